The Morgan fingerprint density at radius 3 is 2.39 bits per heavy atom. The van der Waals surface area contributed by atoms with Crippen LogP contribution in [0, 0.1) is 5.92 Å². The fraction of sp³-hybridized carbons (Fsp3) is 0.500. The van der Waals surface area contributed by atoms with Crippen LogP contribution in [0.5, 0.6) is 0 Å². The molecule has 7 nitrogen and oxygen atoms in total. The zero-order chi connectivity index (χ0) is 22.0. The van der Waals surface area contributed by atoms with Gasteiger partial charge in [-0.05, 0) is 18.6 Å². The van der Waals surface area contributed by atoms with Crippen molar-refractivity contribution in [1.29, 1.82) is 0 Å². The molecule has 1 unspecified atom stereocenters. The molecule has 1 aliphatic heterocycles. The van der Waals surface area contributed by atoms with Gasteiger partial charge in [0, 0.05) is 38.0 Å². The molecule has 0 spiro atoms. The summed E-state index contributed by atoms with van der Waals surface area (Å²) in [5.74, 6) is 2.32. The second kappa shape index (κ2) is 9.04. The number of carbonyl (C=O) groups is 1. The standard InChI is InChI=1S/C24H32N6O/c1-5-9-18(4)21-26-22(28-12-14-29(15-13-28)24(31)17(2)3)20-16-25-30(23(20)27-21)19-10-7-6-8-11-19/h6-8,10-11,16-18H,5,9,12-15H2,1-4H3. The average molecular weight is 421 g/mol. The molecule has 0 bridgehead atoms. The van der Waals surface area contributed by atoms with Crippen molar-refractivity contribution < 1.29 is 4.79 Å². The Morgan fingerprint density at radius 1 is 1.03 bits per heavy atom. The monoisotopic (exact) mass is 420 g/mol. The highest BCUT2D eigenvalue weighted by Crippen LogP contribution is 2.29. The van der Waals surface area contributed by atoms with Gasteiger partial charge in [0.05, 0.1) is 17.3 Å². The van der Waals surface area contributed by atoms with Crippen LogP contribution in [0.1, 0.15) is 52.3 Å². The molecule has 1 fully saturated rings. The highest BCUT2D eigenvalue weighted by molar-refractivity contribution is 5.88. The quantitative estimate of drug-likeness (QED) is 0.602. The van der Waals surface area contributed by atoms with Gasteiger partial charge >= 0.3 is 0 Å². The van der Waals surface area contributed by atoms with Gasteiger partial charge in [0.25, 0.3) is 0 Å². The molecule has 0 N–H and O–H groups in total. The zero-order valence-electron chi connectivity index (χ0n) is 19.0. The molecule has 1 atom stereocenters. The number of benzene rings is 1. The van der Waals surface area contributed by atoms with Crippen molar-refractivity contribution in [2.75, 3.05) is 31.1 Å². The highest BCUT2D eigenvalue weighted by atomic mass is 16.2. The summed E-state index contributed by atoms with van der Waals surface area (Å²) in [5, 5.41) is 5.62. The Kier molecular flexibility index (Phi) is 6.20. The minimum Gasteiger partial charge on any atom is -0.352 e. The van der Waals surface area contributed by atoms with Crippen molar-refractivity contribution in [1.82, 2.24) is 24.6 Å². The number of amides is 1. The molecule has 3 heterocycles. The van der Waals surface area contributed by atoms with Crippen molar-refractivity contribution in [3.8, 4) is 5.69 Å². The topological polar surface area (TPSA) is 67.2 Å². The molecule has 4 rings (SSSR count). The number of para-hydroxylation sites is 1. The van der Waals surface area contributed by atoms with E-state index in [0.717, 1.165) is 67.4 Å². The van der Waals surface area contributed by atoms with Crippen molar-refractivity contribution in [3.05, 3.63) is 42.4 Å². The van der Waals surface area contributed by atoms with Crippen LogP contribution in [0.4, 0.5) is 5.82 Å². The molecule has 164 valence electrons. The van der Waals surface area contributed by atoms with E-state index in [2.05, 4.69) is 23.8 Å². The van der Waals surface area contributed by atoms with Crippen LogP contribution in [-0.4, -0.2) is 56.7 Å². The van der Waals surface area contributed by atoms with E-state index in [1.807, 2.05) is 60.0 Å². The summed E-state index contributed by atoms with van der Waals surface area (Å²) in [7, 11) is 0. The Hall–Kier alpha value is -2.96. The van der Waals surface area contributed by atoms with Crippen LogP contribution in [0.15, 0.2) is 36.5 Å². The van der Waals surface area contributed by atoms with Crippen LogP contribution >= 0.6 is 0 Å². The van der Waals surface area contributed by atoms with E-state index in [9.17, 15) is 4.79 Å². The van der Waals surface area contributed by atoms with E-state index < -0.39 is 0 Å². The highest BCUT2D eigenvalue weighted by Gasteiger charge is 2.26. The van der Waals surface area contributed by atoms with Crippen LogP contribution in [0.3, 0.4) is 0 Å². The van der Waals surface area contributed by atoms with Crippen LogP contribution in [0.25, 0.3) is 16.7 Å². The van der Waals surface area contributed by atoms with Crippen LogP contribution in [0.2, 0.25) is 0 Å². The number of aromatic nitrogens is 4. The molecule has 7 heteroatoms. The van der Waals surface area contributed by atoms with E-state index in [0.29, 0.717) is 0 Å². The van der Waals surface area contributed by atoms with Gasteiger partial charge in [0.1, 0.15) is 11.6 Å². The molecule has 0 aliphatic carbocycles. The fourth-order valence-corrected chi connectivity index (χ4v) is 4.20. The van der Waals surface area contributed by atoms with Crippen molar-refractivity contribution in [2.45, 2.75) is 46.5 Å². The summed E-state index contributed by atoms with van der Waals surface area (Å²) in [6.07, 6.45) is 4.00. The molecule has 3 aromatic rings. The lowest BCUT2D eigenvalue weighted by atomic mass is 10.1. The molecule has 2 aromatic heterocycles. The van der Waals surface area contributed by atoms with Crippen LogP contribution in [-0.2, 0) is 4.79 Å². The zero-order valence-corrected chi connectivity index (χ0v) is 19.0. The second-order valence-electron chi connectivity index (χ2n) is 8.69. The number of hydrogen-bond acceptors (Lipinski definition) is 5. The Bertz CT molecular complexity index is 1040. The van der Waals surface area contributed by atoms with Crippen molar-refractivity contribution in [2.24, 2.45) is 5.92 Å². The van der Waals surface area contributed by atoms with Gasteiger partial charge < -0.3 is 9.80 Å². The molecule has 1 amide bonds. The van der Waals surface area contributed by atoms with E-state index in [1.165, 1.54) is 0 Å². The van der Waals surface area contributed by atoms with Gasteiger partial charge in [-0.1, -0.05) is 52.3 Å². The van der Waals surface area contributed by atoms with E-state index in [4.69, 9.17) is 9.97 Å². The van der Waals surface area contributed by atoms with Gasteiger partial charge in [0.2, 0.25) is 5.91 Å². The van der Waals surface area contributed by atoms with Gasteiger partial charge in [-0.25, -0.2) is 14.6 Å². The predicted molar refractivity (Wildman–Crippen MR) is 124 cm³/mol. The summed E-state index contributed by atoms with van der Waals surface area (Å²) in [6.45, 7) is 11.3. The number of anilines is 1. The molecule has 1 saturated heterocycles. The Labute approximate surface area is 184 Å². The van der Waals surface area contributed by atoms with Crippen LogP contribution < -0.4 is 4.90 Å². The first-order chi connectivity index (χ1) is 15.0. The van der Waals surface area contributed by atoms with Gasteiger partial charge in [0.15, 0.2) is 5.65 Å². The lowest BCUT2D eigenvalue weighted by molar-refractivity contribution is -0.134. The third kappa shape index (κ3) is 4.27. The number of piperazine rings is 1. The molecule has 31 heavy (non-hydrogen) atoms. The fourth-order valence-electron chi connectivity index (χ4n) is 4.20. The van der Waals surface area contributed by atoms with E-state index >= 15 is 0 Å². The second-order valence-corrected chi connectivity index (χ2v) is 8.69. The SMILES string of the molecule is CCCC(C)c1nc(N2CCN(C(=O)C(C)C)CC2)c2cnn(-c3ccccc3)c2n1. The number of hydrogen-bond donors (Lipinski definition) is 0. The summed E-state index contributed by atoms with van der Waals surface area (Å²) in [5.41, 5.74) is 1.83. The molecule has 0 radical (unpaired) electrons. The molecular weight excluding hydrogens is 388 g/mol. The van der Waals surface area contributed by atoms with Gasteiger partial charge in [-0.3, -0.25) is 4.79 Å². The first-order valence-electron chi connectivity index (χ1n) is 11.3. The lowest BCUT2D eigenvalue weighted by Gasteiger charge is -2.36. The van der Waals surface area contributed by atoms with Crippen molar-refractivity contribution >= 4 is 22.8 Å². The third-order valence-corrected chi connectivity index (χ3v) is 5.97. The number of carbonyl (C=O) groups excluding carboxylic acids is 1. The normalized spacial score (nSPS) is 15.6. The largest absolute Gasteiger partial charge is 0.352 e. The first-order valence-corrected chi connectivity index (χ1v) is 11.3. The maximum atomic E-state index is 12.4. The summed E-state index contributed by atoms with van der Waals surface area (Å²) >= 11 is 0. The summed E-state index contributed by atoms with van der Waals surface area (Å²) in [6, 6.07) is 10.1. The first kappa shape index (κ1) is 21.3. The smallest absolute Gasteiger partial charge is 0.225 e. The minimum absolute atomic E-state index is 0.0305. The van der Waals surface area contributed by atoms with E-state index in [-0.39, 0.29) is 17.7 Å². The van der Waals surface area contributed by atoms with Gasteiger partial charge in [-0.15, -0.1) is 0 Å². The van der Waals surface area contributed by atoms with Crippen molar-refractivity contribution in [3.63, 3.8) is 0 Å². The molecule has 0 saturated carbocycles. The molecular formula is C24H32N6O. The van der Waals surface area contributed by atoms with Gasteiger partial charge in [-0.2, -0.15) is 5.10 Å². The average Bonchev–Trinajstić information content (AvgIpc) is 3.23. The summed E-state index contributed by atoms with van der Waals surface area (Å²) < 4.78 is 1.90. The summed E-state index contributed by atoms with van der Waals surface area (Å²) in [4.78, 5) is 26.6. The molecule has 1 aliphatic rings. The van der Waals surface area contributed by atoms with E-state index in [1.54, 1.807) is 0 Å². The molecule has 1 aromatic carbocycles. The third-order valence-electron chi connectivity index (χ3n) is 5.97. The number of fused-ring (bicyclic) bond motifs is 1. The Morgan fingerprint density at radius 2 is 1.74 bits per heavy atom. The lowest BCUT2D eigenvalue weighted by Crippen LogP contribution is -2.50. The number of nitrogens with zero attached hydrogens (tertiary/aromatic N) is 6. The number of rotatable bonds is 6. The predicted octanol–water partition coefficient (Wildman–Crippen LogP) is 4.02. The maximum absolute atomic E-state index is 12.4. The minimum atomic E-state index is 0.0305. The maximum Gasteiger partial charge on any atom is 0.225 e. The Balaban J connectivity index is 1.72.